The van der Waals surface area contributed by atoms with E-state index in [9.17, 15) is 4.79 Å². The van der Waals surface area contributed by atoms with E-state index in [0.29, 0.717) is 18.5 Å². The first-order valence-corrected chi connectivity index (χ1v) is 7.18. The minimum absolute atomic E-state index is 0.467. The second-order valence-corrected chi connectivity index (χ2v) is 6.03. The van der Waals surface area contributed by atoms with Gasteiger partial charge in [0.15, 0.2) is 0 Å². The molecular weight excluding hydrogens is 232 g/mol. The molecule has 2 heterocycles. The molecule has 0 aromatic carbocycles. The second kappa shape index (κ2) is 5.74. The molecule has 2 rings (SSSR count). The lowest BCUT2D eigenvalue weighted by molar-refractivity contribution is -0.107. The topological polar surface area (TPSA) is 33.2 Å². The molecule has 1 fully saturated rings. The van der Waals surface area contributed by atoms with Crippen LogP contribution in [0.1, 0.15) is 49.0 Å². The summed E-state index contributed by atoms with van der Waals surface area (Å²) in [5.74, 6) is 0. The van der Waals surface area contributed by atoms with Gasteiger partial charge in [-0.05, 0) is 33.2 Å². The smallest absolute Gasteiger partial charge is 0.125 e. The minimum atomic E-state index is 0.467. The fourth-order valence-corrected chi connectivity index (χ4v) is 3.51. The Balaban J connectivity index is 2.14. The summed E-state index contributed by atoms with van der Waals surface area (Å²) in [5.41, 5.74) is 0. The molecule has 0 N–H and O–H groups in total. The number of aromatic nitrogens is 1. The van der Waals surface area contributed by atoms with E-state index >= 15 is 0 Å². The normalized spacial score (nSPS) is 21.9. The number of aldehydes is 1. The third-order valence-corrected chi connectivity index (χ3v) is 4.47. The lowest BCUT2D eigenvalue weighted by Crippen LogP contribution is -2.38. The van der Waals surface area contributed by atoms with Crippen LogP contribution in [0, 0.1) is 0 Å². The van der Waals surface area contributed by atoms with Crippen LogP contribution in [-0.4, -0.2) is 28.8 Å². The molecule has 94 valence electrons. The van der Waals surface area contributed by atoms with Crippen molar-refractivity contribution in [1.29, 1.82) is 0 Å². The number of carbonyl (C=O) groups is 1. The van der Waals surface area contributed by atoms with E-state index in [0.717, 1.165) is 11.2 Å². The van der Waals surface area contributed by atoms with Crippen LogP contribution in [0.5, 0.6) is 0 Å². The molecule has 17 heavy (non-hydrogen) atoms. The molecule has 0 saturated carbocycles. The van der Waals surface area contributed by atoms with E-state index in [1.54, 1.807) is 11.3 Å². The zero-order valence-corrected chi connectivity index (χ0v) is 11.4. The Hall–Kier alpha value is -0.740. The van der Waals surface area contributed by atoms with Crippen molar-refractivity contribution in [3.8, 4) is 0 Å². The van der Waals surface area contributed by atoms with E-state index < -0.39 is 0 Å². The molecule has 0 radical (unpaired) electrons. The molecule has 1 aliphatic heterocycles. The van der Waals surface area contributed by atoms with Gasteiger partial charge in [0.2, 0.25) is 0 Å². The average Bonchev–Trinajstić information content (AvgIpc) is 2.78. The van der Waals surface area contributed by atoms with Crippen molar-refractivity contribution in [1.82, 2.24) is 9.88 Å². The van der Waals surface area contributed by atoms with Gasteiger partial charge in [0, 0.05) is 23.5 Å². The number of hydrogen-bond acceptors (Lipinski definition) is 4. The Morgan fingerprint density at radius 3 is 3.12 bits per heavy atom. The van der Waals surface area contributed by atoms with E-state index in [1.165, 1.54) is 30.8 Å². The van der Waals surface area contributed by atoms with Gasteiger partial charge in [-0.15, -0.1) is 11.3 Å². The summed E-state index contributed by atoms with van der Waals surface area (Å²) in [5, 5.41) is 1.19. The molecule has 3 nitrogen and oxygen atoms in total. The summed E-state index contributed by atoms with van der Waals surface area (Å²) in [6.07, 6.45) is 7.11. The van der Waals surface area contributed by atoms with Crippen LogP contribution >= 0.6 is 11.3 Å². The molecule has 0 bridgehead atoms. The summed E-state index contributed by atoms with van der Waals surface area (Å²) < 4.78 is 0. The molecule has 1 aromatic rings. The maximum Gasteiger partial charge on any atom is 0.125 e. The van der Waals surface area contributed by atoms with Crippen LogP contribution in [-0.2, 0) is 11.2 Å². The van der Waals surface area contributed by atoms with Crippen LogP contribution in [0.4, 0.5) is 0 Å². The zero-order chi connectivity index (χ0) is 12.3. The maximum atomic E-state index is 10.5. The SMILES string of the molecule is CC(C)N1CCCCC1c1ncc(CC=O)s1. The third kappa shape index (κ3) is 2.93. The standard InChI is InChI=1S/C13H20N2OS/c1-10(2)15-7-4-3-5-12(15)13-14-9-11(17-13)6-8-16/h8-10,12H,3-7H2,1-2H3. The van der Waals surface area contributed by atoms with Gasteiger partial charge in [-0.2, -0.15) is 0 Å². The fourth-order valence-electron chi connectivity index (χ4n) is 2.49. The van der Waals surface area contributed by atoms with Gasteiger partial charge in [-0.3, -0.25) is 4.90 Å². The lowest BCUT2D eigenvalue weighted by Gasteiger charge is -2.37. The first-order chi connectivity index (χ1) is 8.22. The number of hydrogen-bond donors (Lipinski definition) is 0. The summed E-state index contributed by atoms with van der Waals surface area (Å²) >= 11 is 1.70. The van der Waals surface area contributed by atoms with E-state index in [2.05, 4.69) is 23.7 Å². The van der Waals surface area contributed by atoms with Gasteiger partial charge < -0.3 is 4.79 Å². The average molecular weight is 252 g/mol. The quantitative estimate of drug-likeness (QED) is 0.773. The van der Waals surface area contributed by atoms with Crippen molar-refractivity contribution in [2.45, 2.75) is 51.6 Å². The predicted octanol–water partition coefficient (Wildman–Crippen LogP) is 2.82. The summed E-state index contributed by atoms with van der Waals surface area (Å²) in [7, 11) is 0. The Kier molecular flexibility index (Phi) is 4.29. The number of carbonyl (C=O) groups excluding carboxylic acids is 1. The van der Waals surface area contributed by atoms with Gasteiger partial charge in [0.1, 0.15) is 11.3 Å². The van der Waals surface area contributed by atoms with Crippen molar-refractivity contribution in [3.05, 3.63) is 16.1 Å². The maximum absolute atomic E-state index is 10.5. The van der Waals surface area contributed by atoms with Crippen LogP contribution in [0.2, 0.25) is 0 Å². The molecular formula is C13H20N2OS. The van der Waals surface area contributed by atoms with Gasteiger partial charge >= 0.3 is 0 Å². The Morgan fingerprint density at radius 2 is 2.41 bits per heavy atom. The number of nitrogens with zero attached hydrogens (tertiary/aromatic N) is 2. The first-order valence-electron chi connectivity index (χ1n) is 6.36. The molecule has 0 spiro atoms. The van der Waals surface area contributed by atoms with Gasteiger partial charge in [0.25, 0.3) is 0 Å². The summed E-state index contributed by atoms with van der Waals surface area (Å²) in [6, 6.07) is 1.04. The molecule has 1 unspecified atom stereocenters. The molecule has 1 atom stereocenters. The summed E-state index contributed by atoms with van der Waals surface area (Å²) in [6.45, 7) is 5.67. The van der Waals surface area contributed by atoms with Crippen LogP contribution < -0.4 is 0 Å². The van der Waals surface area contributed by atoms with Crippen molar-refractivity contribution >= 4 is 17.6 Å². The summed E-state index contributed by atoms with van der Waals surface area (Å²) in [4.78, 5) is 18.6. The van der Waals surface area contributed by atoms with Gasteiger partial charge in [-0.25, -0.2) is 4.98 Å². The van der Waals surface area contributed by atoms with Crippen molar-refractivity contribution in [2.75, 3.05) is 6.54 Å². The van der Waals surface area contributed by atoms with E-state index in [4.69, 9.17) is 0 Å². The highest BCUT2D eigenvalue weighted by molar-refractivity contribution is 7.11. The van der Waals surface area contributed by atoms with Crippen molar-refractivity contribution in [2.24, 2.45) is 0 Å². The molecule has 1 saturated heterocycles. The molecule has 1 aromatic heterocycles. The fraction of sp³-hybridized carbons (Fsp3) is 0.692. The monoisotopic (exact) mass is 252 g/mol. The van der Waals surface area contributed by atoms with Gasteiger partial charge in [-0.1, -0.05) is 6.42 Å². The Bertz CT molecular complexity index is 375. The van der Waals surface area contributed by atoms with E-state index in [-0.39, 0.29) is 0 Å². The van der Waals surface area contributed by atoms with Crippen molar-refractivity contribution < 1.29 is 4.79 Å². The Morgan fingerprint density at radius 1 is 1.59 bits per heavy atom. The number of thiazole rings is 1. The highest BCUT2D eigenvalue weighted by Crippen LogP contribution is 2.34. The molecule has 0 amide bonds. The Labute approximate surface area is 107 Å². The number of likely N-dealkylation sites (tertiary alicyclic amines) is 1. The highest BCUT2D eigenvalue weighted by Gasteiger charge is 2.27. The number of piperidine rings is 1. The predicted molar refractivity (Wildman–Crippen MR) is 70.3 cm³/mol. The first kappa shape index (κ1) is 12.7. The number of rotatable bonds is 4. The third-order valence-electron chi connectivity index (χ3n) is 3.35. The minimum Gasteiger partial charge on any atom is -0.303 e. The highest BCUT2D eigenvalue weighted by atomic mass is 32.1. The van der Waals surface area contributed by atoms with Crippen LogP contribution in [0.15, 0.2) is 6.20 Å². The van der Waals surface area contributed by atoms with E-state index in [1.807, 2.05) is 6.20 Å². The second-order valence-electron chi connectivity index (χ2n) is 4.88. The van der Waals surface area contributed by atoms with Crippen LogP contribution in [0.25, 0.3) is 0 Å². The largest absolute Gasteiger partial charge is 0.303 e. The lowest BCUT2D eigenvalue weighted by atomic mass is 10.0. The zero-order valence-electron chi connectivity index (χ0n) is 10.6. The van der Waals surface area contributed by atoms with Gasteiger partial charge in [0.05, 0.1) is 6.04 Å². The molecule has 4 heteroatoms. The molecule has 0 aliphatic carbocycles. The molecule has 1 aliphatic rings. The van der Waals surface area contributed by atoms with Crippen molar-refractivity contribution in [3.63, 3.8) is 0 Å². The van der Waals surface area contributed by atoms with Crippen LogP contribution in [0.3, 0.4) is 0 Å².